The minimum atomic E-state index is -0.245. The summed E-state index contributed by atoms with van der Waals surface area (Å²) in [5, 5.41) is 15.8. The molecule has 5 rings (SSSR count). The zero-order chi connectivity index (χ0) is 20.0. The number of carbonyl (C=O) groups excluding carboxylic acids is 1. The van der Waals surface area contributed by atoms with Crippen molar-refractivity contribution in [1.82, 2.24) is 30.1 Å². The van der Waals surface area contributed by atoms with Crippen molar-refractivity contribution in [3.8, 4) is 10.6 Å². The topological polar surface area (TPSA) is 98.2 Å². The Morgan fingerprint density at radius 3 is 2.93 bits per heavy atom. The molecule has 0 atom stereocenters. The summed E-state index contributed by atoms with van der Waals surface area (Å²) in [5.74, 6) is 0.404. The molecule has 0 aromatic carbocycles. The van der Waals surface area contributed by atoms with Crippen molar-refractivity contribution in [3.63, 3.8) is 0 Å². The van der Waals surface area contributed by atoms with Gasteiger partial charge in [0.2, 0.25) is 0 Å². The van der Waals surface area contributed by atoms with E-state index in [0.717, 1.165) is 10.5 Å². The standard InChI is InChI=1S/C20H16N6O2S/c1-11-6-7-15(29-11)14-9-13(18-12(2)25-28-20(18)22-14)19(27)21-10-17-24-23-16-5-3-4-8-26(16)17/h3-9H,10H2,1-2H3,(H,21,27). The minimum Gasteiger partial charge on any atom is -0.345 e. The molecule has 0 unspecified atom stereocenters. The molecule has 5 heterocycles. The third-order valence-corrected chi connectivity index (χ3v) is 5.67. The smallest absolute Gasteiger partial charge is 0.259 e. The van der Waals surface area contributed by atoms with Crippen molar-refractivity contribution < 1.29 is 9.32 Å². The highest BCUT2D eigenvalue weighted by Gasteiger charge is 2.20. The van der Waals surface area contributed by atoms with Gasteiger partial charge in [0.05, 0.1) is 33.8 Å². The number of carbonyl (C=O) groups is 1. The first-order chi connectivity index (χ1) is 14.1. The van der Waals surface area contributed by atoms with E-state index in [1.54, 1.807) is 24.3 Å². The Hall–Kier alpha value is -3.59. The van der Waals surface area contributed by atoms with Crippen LogP contribution in [0.4, 0.5) is 0 Å². The third kappa shape index (κ3) is 3.05. The summed E-state index contributed by atoms with van der Waals surface area (Å²) in [4.78, 5) is 19.8. The lowest BCUT2D eigenvalue weighted by molar-refractivity contribution is 0.0951. The predicted octanol–water partition coefficient (Wildman–Crippen LogP) is 3.54. The highest BCUT2D eigenvalue weighted by molar-refractivity contribution is 7.15. The van der Waals surface area contributed by atoms with Crippen LogP contribution < -0.4 is 5.32 Å². The molecule has 0 fully saturated rings. The average Bonchev–Trinajstić information content (AvgIpc) is 3.44. The van der Waals surface area contributed by atoms with Crippen LogP contribution in [0.5, 0.6) is 0 Å². The second-order valence-electron chi connectivity index (χ2n) is 6.64. The van der Waals surface area contributed by atoms with E-state index >= 15 is 0 Å². The fraction of sp³-hybridized carbons (Fsp3) is 0.150. The monoisotopic (exact) mass is 404 g/mol. The molecule has 144 valence electrons. The van der Waals surface area contributed by atoms with Crippen molar-refractivity contribution in [2.45, 2.75) is 20.4 Å². The lowest BCUT2D eigenvalue weighted by atomic mass is 10.1. The number of rotatable bonds is 4. The highest BCUT2D eigenvalue weighted by Crippen LogP contribution is 2.31. The van der Waals surface area contributed by atoms with Crippen LogP contribution in [0.25, 0.3) is 27.3 Å². The van der Waals surface area contributed by atoms with Crippen LogP contribution >= 0.6 is 11.3 Å². The van der Waals surface area contributed by atoms with Crippen LogP contribution in [0.3, 0.4) is 0 Å². The van der Waals surface area contributed by atoms with Gasteiger partial charge in [-0.05, 0) is 44.2 Å². The van der Waals surface area contributed by atoms with Gasteiger partial charge in [-0.15, -0.1) is 21.5 Å². The molecule has 5 aromatic rings. The second-order valence-corrected chi connectivity index (χ2v) is 7.93. The van der Waals surface area contributed by atoms with E-state index in [1.807, 2.05) is 47.9 Å². The summed E-state index contributed by atoms with van der Waals surface area (Å²) < 4.78 is 7.19. The summed E-state index contributed by atoms with van der Waals surface area (Å²) in [6.45, 7) is 4.07. The van der Waals surface area contributed by atoms with Crippen LogP contribution in [0, 0.1) is 13.8 Å². The predicted molar refractivity (Wildman–Crippen MR) is 109 cm³/mol. The fourth-order valence-electron chi connectivity index (χ4n) is 3.24. The molecule has 0 radical (unpaired) electrons. The van der Waals surface area contributed by atoms with E-state index in [2.05, 4.69) is 25.7 Å². The molecule has 9 heteroatoms. The maximum atomic E-state index is 13.1. The van der Waals surface area contributed by atoms with Crippen LogP contribution in [0.2, 0.25) is 0 Å². The molecule has 0 aliphatic heterocycles. The van der Waals surface area contributed by atoms with Crippen LogP contribution in [-0.4, -0.2) is 30.6 Å². The second kappa shape index (κ2) is 6.78. The van der Waals surface area contributed by atoms with E-state index in [0.29, 0.717) is 33.9 Å². The molecule has 5 aromatic heterocycles. The van der Waals surface area contributed by atoms with E-state index < -0.39 is 0 Å². The molecule has 1 N–H and O–H groups in total. The Labute approximate surface area is 169 Å². The maximum absolute atomic E-state index is 13.1. The fourth-order valence-corrected chi connectivity index (χ4v) is 4.07. The molecule has 0 aliphatic rings. The molecule has 0 saturated heterocycles. The zero-order valence-corrected chi connectivity index (χ0v) is 16.5. The summed E-state index contributed by atoms with van der Waals surface area (Å²) >= 11 is 1.61. The lowest BCUT2D eigenvalue weighted by Crippen LogP contribution is -2.24. The number of thiophene rings is 1. The normalized spacial score (nSPS) is 11.4. The number of nitrogens with one attached hydrogen (secondary N) is 1. The molecular formula is C20H16N6O2S. The first kappa shape index (κ1) is 17.5. The van der Waals surface area contributed by atoms with Gasteiger partial charge in [0.15, 0.2) is 11.5 Å². The van der Waals surface area contributed by atoms with Crippen LogP contribution in [-0.2, 0) is 6.54 Å². The van der Waals surface area contributed by atoms with Gasteiger partial charge < -0.3 is 9.84 Å². The molecule has 0 spiro atoms. The number of pyridine rings is 2. The SMILES string of the molecule is Cc1ccc(-c2cc(C(=O)NCc3nnc4ccccn34)c3c(C)noc3n2)s1. The van der Waals surface area contributed by atoms with E-state index in [-0.39, 0.29) is 12.5 Å². The average molecular weight is 404 g/mol. The zero-order valence-electron chi connectivity index (χ0n) is 15.7. The minimum absolute atomic E-state index is 0.242. The van der Waals surface area contributed by atoms with Gasteiger partial charge in [0, 0.05) is 11.1 Å². The summed E-state index contributed by atoms with van der Waals surface area (Å²) in [6.07, 6.45) is 1.86. The molecule has 8 nitrogen and oxygen atoms in total. The quantitative estimate of drug-likeness (QED) is 0.492. The van der Waals surface area contributed by atoms with Gasteiger partial charge in [-0.3, -0.25) is 9.20 Å². The van der Waals surface area contributed by atoms with Gasteiger partial charge in [0.25, 0.3) is 11.6 Å². The van der Waals surface area contributed by atoms with E-state index in [1.165, 1.54) is 4.88 Å². The lowest BCUT2D eigenvalue weighted by Gasteiger charge is -2.07. The molecular weight excluding hydrogens is 388 g/mol. The van der Waals surface area contributed by atoms with Gasteiger partial charge in [-0.2, -0.15) is 0 Å². The van der Waals surface area contributed by atoms with Crippen molar-refractivity contribution in [1.29, 1.82) is 0 Å². The Balaban J connectivity index is 1.51. The number of hydrogen-bond acceptors (Lipinski definition) is 7. The van der Waals surface area contributed by atoms with Gasteiger partial charge in [-0.1, -0.05) is 11.2 Å². The Morgan fingerprint density at radius 2 is 2.10 bits per heavy atom. The van der Waals surface area contributed by atoms with Crippen LogP contribution in [0.15, 0.2) is 47.1 Å². The number of nitrogens with zero attached hydrogens (tertiary/aromatic N) is 5. The summed E-state index contributed by atoms with van der Waals surface area (Å²) in [6, 6.07) is 11.4. The van der Waals surface area contributed by atoms with E-state index in [4.69, 9.17) is 4.52 Å². The molecule has 0 saturated carbocycles. The van der Waals surface area contributed by atoms with Crippen molar-refractivity contribution >= 4 is 34.0 Å². The van der Waals surface area contributed by atoms with Crippen molar-refractivity contribution in [3.05, 3.63) is 64.6 Å². The number of fused-ring (bicyclic) bond motifs is 2. The number of aromatic nitrogens is 5. The molecule has 0 bridgehead atoms. The first-order valence-corrected chi connectivity index (χ1v) is 9.82. The van der Waals surface area contributed by atoms with Crippen LogP contribution in [0.1, 0.15) is 26.8 Å². The third-order valence-electron chi connectivity index (χ3n) is 4.65. The first-order valence-electron chi connectivity index (χ1n) is 9.01. The maximum Gasteiger partial charge on any atom is 0.259 e. The largest absolute Gasteiger partial charge is 0.345 e. The van der Waals surface area contributed by atoms with Gasteiger partial charge >= 0.3 is 0 Å². The Morgan fingerprint density at radius 1 is 1.21 bits per heavy atom. The Bertz CT molecular complexity index is 1370. The molecule has 1 amide bonds. The molecule has 0 aliphatic carbocycles. The van der Waals surface area contributed by atoms with Crippen molar-refractivity contribution in [2.75, 3.05) is 0 Å². The number of amides is 1. The van der Waals surface area contributed by atoms with Gasteiger partial charge in [0.1, 0.15) is 0 Å². The number of hydrogen-bond donors (Lipinski definition) is 1. The summed E-state index contributed by atoms with van der Waals surface area (Å²) in [5.41, 5.74) is 2.87. The Kier molecular flexibility index (Phi) is 4.09. The van der Waals surface area contributed by atoms with Gasteiger partial charge in [-0.25, -0.2) is 4.98 Å². The molecule has 29 heavy (non-hydrogen) atoms. The van der Waals surface area contributed by atoms with E-state index in [9.17, 15) is 4.79 Å². The highest BCUT2D eigenvalue weighted by atomic mass is 32.1. The van der Waals surface area contributed by atoms with Crippen molar-refractivity contribution in [2.24, 2.45) is 0 Å². The number of aryl methyl sites for hydroxylation is 2. The summed E-state index contributed by atoms with van der Waals surface area (Å²) in [7, 11) is 0.